The summed E-state index contributed by atoms with van der Waals surface area (Å²) in [7, 11) is 0. The fraction of sp³-hybridized carbons (Fsp3) is 0.600. The summed E-state index contributed by atoms with van der Waals surface area (Å²) in [5.74, 6) is 0.583. The van der Waals surface area contributed by atoms with E-state index in [1.165, 1.54) is 9.75 Å². The van der Waals surface area contributed by atoms with Gasteiger partial charge in [-0.2, -0.15) is 0 Å². The number of guanidine groups is 1. The summed E-state index contributed by atoms with van der Waals surface area (Å²) in [4.78, 5) is 18.6. The lowest BCUT2D eigenvalue weighted by Crippen LogP contribution is -2.43. The van der Waals surface area contributed by atoms with E-state index in [4.69, 9.17) is 0 Å². The van der Waals surface area contributed by atoms with Crippen molar-refractivity contribution in [3.63, 3.8) is 0 Å². The number of carbonyl (C=O) groups excluding carboxylic acids is 1. The first kappa shape index (κ1) is 21.2. The summed E-state index contributed by atoms with van der Waals surface area (Å²) in [5.41, 5.74) is -0.229. The molecular weight excluding hydrogens is 411 g/mol. The molecule has 3 N–H and O–H groups in total. The molecule has 1 aromatic rings. The summed E-state index contributed by atoms with van der Waals surface area (Å²) in [6.45, 7) is 11.6. The topological polar surface area (TPSA) is 65.5 Å². The number of amides is 1. The van der Waals surface area contributed by atoms with Gasteiger partial charge in [-0.15, -0.1) is 35.3 Å². The molecule has 0 saturated carbocycles. The van der Waals surface area contributed by atoms with Crippen LogP contribution in [0, 0.1) is 6.92 Å². The molecule has 0 spiro atoms. The monoisotopic (exact) mass is 438 g/mol. The van der Waals surface area contributed by atoms with Crippen LogP contribution in [0.2, 0.25) is 0 Å². The van der Waals surface area contributed by atoms with E-state index in [0.29, 0.717) is 12.5 Å². The molecule has 1 heterocycles. The Hall–Kier alpha value is -0.830. The Morgan fingerprint density at radius 2 is 1.95 bits per heavy atom. The van der Waals surface area contributed by atoms with E-state index < -0.39 is 0 Å². The highest BCUT2D eigenvalue weighted by Gasteiger charge is 2.13. The molecular formula is C15H27IN4OS. The van der Waals surface area contributed by atoms with E-state index >= 15 is 0 Å². The van der Waals surface area contributed by atoms with Crippen molar-refractivity contribution in [3.8, 4) is 0 Å². The Morgan fingerprint density at radius 1 is 1.27 bits per heavy atom. The molecule has 126 valence electrons. The van der Waals surface area contributed by atoms with Crippen LogP contribution in [0.5, 0.6) is 0 Å². The molecule has 0 unspecified atom stereocenters. The molecule has 0 fully saturated rings. The molecule has 0 aliphatic carbocycles. The van der Waals surface area contributed by atoms with Gasteiger partial charge >= 0.3 is 0 Å². The van der Waals surface area contributed by atoms with E-state index in [1.807, 2.05) is 27.7 Å². The maximum absolute atomic E-state index is 11.8. The third-order valence-electron chi connectivity index (χ3n) is 2.47. The summed E-state index contributed by atoms with van der Waals surface area (Å²) in [5, 5.41) is 9.27. The van der Waals surface area contributed by atoms with Crippen LogP contribution in [0.3, 0.4) is 0 Å². The highest BCUT2D eigenvalue weighted by Crippen LogP contribution is 2.14. The summed E-state index contributed by atoms with van der Waals surface area (Å²) in [6, 6.07) is 4.20. The predicted octanol–water partition coefficient (Wildman–Crippen LogP) is 2.64. The van der Waals surface area contributed by atoms with Gasteiger partial charge < -0.3 is 16.0 Å². The van der Waals surface area contributed by atoms with Crippen LogP contribution in [0.4, 0.5) is 0 Å². The lowest BCUT2D eigenvalue weighted by molar-refractivity contribution is -0.121. The van der Waals surface area contributed by atoms with Crippen molar-refractivity contribution in [2.24, 2.45) is 4.99 Å². The van der Waals surface area contributed by atoms with Crippen molar-refractivity contribution >= 4 is 47.2 Å². The van der Waals surface area contributed by atoms with Gasteiger partial charge in [0, 0.05) is 21.8 Å². The van der Waals surface area contributed by atoms with Crippen molar-refractivity contribution in [1.82, 2.24) is 16.0 Å². The Morgan fingerprint density at radius 3 is 2.45 bits per heavy atom. The number of hydrogen-bond acceptors (Lipinski definition) is 3. The van der Waals surface area contributed by atoms with Gasteiger partial charge in [0.2, 0.25) is 5.91 Å². The van der Waals surface area contributed by atoms with Crippen LogP contribution in [0.25, 0.3) is 0 Å². The van der Waals surface area contributed by atoms with Crippen molar-refractivity contribution < 1.29 is 4.79 Å². The molecule has 1 aromatic heterocycles. The molecule has 0 bridgehead atoms. The Labute approximate surface area is 154 Å². The number of nitrogens with one attached hydrogen (secondary N) is 3. The number of thiophene rings is 1. The molecule has 1 amide bonds. The molecule has 0 aliphatic rings. The van der Waals surface area contributed by atoms with E-state index in [0.717, 1.165) is 6.54 Å². The van der Waals surface area contributed by atoms with Gasteiger partial charge in [0.1, 0.15) is 6.54 Å². The maximum Gasteiger partial charge on any atom is 0.242 e. The number of hydrogen-bond donors (Lipinski definition) is 3. The van der Waals surface area contributed by atoms with E-state index in [-0.39, 0.29) is 42.0 Å². The average Bonchev–Trinajstić information content (AvgIpc) is 2.76. The fourth-order valence-electron chi connectivity index (χ4n) is 1.70. The fourth-order valence-corrected chi connectivity index (χ4v) is 2.53. The van der Waals surface area contributed by atoms with Crippen LogP contribution in [0.1, 0.15) is 37.4 Å². The molecule has 1 rings (SSSR count). The smallest absolute Gasteiger partial charge is 0.242 e. The summed E-state index contributed by atoms with van der Waals surface area (Å²) < 4.78 is 0. The SMILES string of the molecule is CCNC(=NCC(=O)NC(C)(C)C)NCc1ccc(C)s1.I. The molecule has 0 atom stereocenters. The Bertz CT molecular complexity index is 494. The highest BCUT2D eigenvalue weighted by atomic mass is 127. The lowest BCUT2D eigenvalue weighted by Gasteiger charge is -2.20. The molecule has 0 saturated heterocycles. The second kappa shape index (κ2) is 10.0. The molecule has 5 nitrogen and oxygen atoms in total. The van der Waals surface area contributed by atoms with Gasteiger partial charge in [-0.3, -0.25) is 4.79 Å². The van der Waals surface area contributed by atoms with E-state index in [9.17, 15) is 4.79 Å². The van der Waals surface area contributed by atoms with Crippen LogP contribution in [0.15, 0.2) is 17.1 Å². The summed E-state index contributed by atoms with van der Waals surface area (Å²) in [6.07, 6.45) is 0. The van der Waals surface area contributed by atoms with Gasteiger partial charge in [0.05, 0.1) is 6.54 Å². The molecule has 0 aromatic carbocycles. The average molecular weight is 438 g/mol. The number of aliphatic imine (C=N–C) groups is 1. The van der Waals surface area contributed by atoms with E-state index in [1.54, 1.807) is 11.3 Å². The van der Waals surface area contributed by atoms with Gasteiger partial charge in [-0.1, -0.05) is 0 Å². The largest absolute Gasteiger partial charge is 0.357 e. The number of rotatable bonds is 5. The van der Waals surface area contributed by atoms with Crippen LogP contribution >= 0.6 is 35.3 Å². The zero-order valence-electron chi connectivity index (χ0n) is 13.9. The number of halogens is 1. The first-order valence-corrected chi connectivity index (χ1v) is 8.00. The maximum atomic E-state index is 11.8. The van der Waals surface area contributed by atoms with Crippen LogP contribution < -0.4 is 16.0 Å². The molecule has 0 aliphatic heterocycles. The van der Waals surface area contributed by atoms with Gasteiger partial charge in [0.25, 0.3) is 0 Å². The van der Waals surface area contributed by atoms with Crippen molar-refractivity contribution in [2.45, 2.75) is 46.7 Å². The second-order valence-electron chi connectivity index (χ2n) is 5.86. The van der Waals surface area contributed by atoms with Gasteiger partial charge in [0.15, 0.2) is 5.96 Å². The standard InChI is InChI=1S/C15H26N4OS.HI/c1-6-16-14(17-9-12-8-7-11(2)21-12)18-10-13(20)19-15(3,4)5;/h7-8H,6,9-10H2,1-5H3,(H,19,20)(H2,16,17,18);1H. The van der Waals surface area contributed by atoms with E-state index in [2.05, 4.69) is 40.0 Å². The zero-order valence-corrected chi connectivity index (χ0v) is 17.1. The number of nitrogens with zero attached hydrogens (tertiary/aromatic N) is 1. The molecule has 0 radical (unpaired) electrons. The number of carbonyl (C=O) groups is 1. The molecule has 7 heteroatoms. The van der Waals surface area contributed by atoms with Gasteiger partial charge in [-0.25, -0.2) is 4.99 Å². The quantitative estimate of drug-likeness (QED) is 0.376. The Kier molecular flexibility index (Phi) is 9.66. The Balaban J connectivity index is 0.00000441. The first-order chi connectivity index (χ1) is 9.80. The minimum absolute atomic E-state index is 0. The number of aryl methyl sites for hydroxylation is 1. The molecule has 22 heavy (non-hydrogen) atoms. The third-order valence-corrected chi connectivity index (χ3v) is 3.47. The normalized spacial score (nSPS) is 11.6. The first-order valence-electron chi connectivity index (χ1n) is 7.18. The summed E-state index contributed by atoms with van der Waals surface area (Å²) >= 11 is 1.76. The minimum atomic E-state index is -0.229. The second-order valence-corrected chi connectivity index (χ2v) is 7.23. The van der Waals surface area contributed by atoms with Gasteiger partial charge in [-0.05, 0) is 46.8 Å². The zero-order chi connectivity index (χ0) is 15.9. The van der Waals surface area contributed by atoms with Crippen molar-refractivity contribution in [1.29, 1.82) is 0 Å². The van der Waals surface area contributed by atoms with Crippen LogP contribution in [-0.2, 0) is 11.3 Å². The third kappa shape index (κ3) is 9.24. The predicted molar refractivity (Wildman–Crippen MR) is 105 cm³/mol. The highest BCUT2D eigenvalue weighted by molar-refractivity contribution is 14.0. The van der Waals surface area contributed by atoms with Crippen LogP contribution in [-0.4, -0.2) is 30.5 Å². The minimum Gasteiger partial charge on any atom is -0.357 e. The van der Waals surface area contributed by atoms with Crippen molar-refractivity contribution in [2.75, 3.05) is 13.1 Å². The lowest BCUT2D eigenvalue weighted by atomic mass is 10.1. The van der Waals surface area contributed by atoms with Crippen molar-refractivity contribution in [3.05, 3.63) is 21.9 Å².